The van der Waals surface area contributed by atoms with Gasteiger partial charge in [0.25, 0.3) is 0 Å². The van der Waals surface area contributed by atoms with Gasteiger partial charge in [-0.25, -0.2) is 13.6 Å². The summed E-state index contributed by atoms with van der Waals surface area (Å²) >= 11 is 1.01. The number of halogens is 2. The first-order valence-corrected chi connectivity index (χ1v) is 5.65. The van der Waals surface area contributed by atoms with Gasteiger partial charge in [-0.15, -0.1) is 11.3 Å². The van der Waals surface area contributed by atoms with Crippen LogP contribution in [0, 0.1) is 18.6 Å². The summed E-state index contributed by atoms with van der Waals surface area (Å²) in [7, 11) is 0. The molecule has 1 N–H and O–H groups in total. The number of aromatic carboxylic acids is 1. The Morgan fingerprint density at radius 2 is 1.94 bits per heavy atom. The van der Waals surface area contributed by atoms with E-state index in [2.05, 4.69) is 0 Å². The molecule has 0 aliphatic heterocycles. The van der Waals surface area contributed by atoms with Crippen molar-refractivity contribution in [1.29, 1.82) is 0 Å². The average Bonchev–Trinajstić information content (AvgIpc) is 2.72. The zero-order valence-electron chi connectivity index (χ0n) is 8.83. The minimum atomic E-state index is -1.11. The normalized spacial score (nSPS) is 10.5. The summed E-state index contributed by atoms with van der Waals surface area (Å²) < 4.78 is 26.7. The molecule has 0 amide bonds. The molecule has 0 fully saturated rings. The van der Waals surface area contributed by atoms with E-state index in [0.29, 0.717) is 0 Å². The van der Waals surface area contributed by atoms with Crippen molar-refractivity contribution in [2.45, 2.75) is 6.92 Å². The van der Waals surface area contributed by atoms with Crippen LogP contribution in [0.3, 0.4) is 0 Å². The summed E-state index contributed by atoms with van der Waals surface area (Å²) in [5.74, 6) is -2.51. The minimum absolute atomic E-state index is 0.0508. The fraction of sp³-hybridized carbons (Fsp3) is 0.0833. The van der Waals surface area contributed by atoms with E-state index in [-0.39, 0.29) is 21.6 Å². The third-order valence-electron chi connectivity index (χ3n) is 2.40. The van der Waals surface area contributed by atoms with Gasteiger partial charge in [0.2, 0.25) is 0 Å². The predicted octanol–water partition coefficient (Wildman–Crippen LogP) is 3.70. The molecule has 1 heterocycles. The quantitative estimate of drug-likeness (QED) is 0.887. The molecule has 0 aliphatic rings. The van der Waals surface area contributed by atoms with Crippen molar-refractivity contribution in [1.82, 2.24) is 0 Å². The van der Waals surface area contributed by atoms with Crippen LogP contribution >= 0.6 is 11.3 Å². The van der Waals surface area contributed by atoms with Crippen LogP contribution in [0.5, 0.6) is 0 Å². The lowest BCUT2D eigenvalue weighted by Crippen LogP contribution is -1.97. The lowest BCUT2D eigenvalue weighted by Gasteiger charge is -2.05. The maximum absolute atomic E-state index is 13.6. The second-order valence-electron chi connectivity index (χ2n) is 3.55. The molecule has 2 aromatic rings. The van der Waals surface area contributed by atoms with Crippen LogP contribution in [0.1, 0.15) is 15.2 Å². The van der Waals surface area contributed by atoms with Crippen LogP contribution in [0.15, 0.2) is 23.6 Å². The third kappa shape index (κ3) is 2.06. The summed E-state index contributed by atoms with van der Waals surface area (Å²) in [5.41, 5.74) is 0.676. The topological polar surface area (TPSA) is 37.3 Å². The van der Waals surface area contributed by atoms with Gasteiger partial charge in [-0.1, -0.05) is 0 Å². The molecule has 0 radical (unpaired) electrons. The van der Waals surface area contributed by atoms with Crippen molar-refractivity contribution in [3.63, 3.8) is 0 Å². The number of carboxylic acids is 1. The van der Waals surface area contributed by atoms with Gasteiger partial charge in [0.05, 0.1) is 0 Å². The monoisotopic (exact) mass is 254 g/mol. The Balaban J connectivity index is 2.64. The van der Waals surface area contributed by atoms with Crippen molar-refractivity contribution in [2.24, 2.45) is 0 Å². The zero-order chi connectivity index (χ0) is 12.6. The van der Waals surface area contributed by atoms with Gasteiger partial charge >= 0.3 is 5.97 Å². The highest BCUT2D eigenvalue weighted by Crippen LogP contribution is 2.31. The van der Waals surface area contributed by atoms with Gasteiger partial charge in [0, 0.05) is 17.2 Å². The molecule has 0 saturated carbocycles. The number of hydrogen-bond acceptors (Lipinski definition) is 2. The maximum atomic E-state index is 13.6. The summed E-state index contributed by atoms with van der Waals surface area (Å²) in [5, 5.41) is 10.5. The van der Waals surface area contributed by atoms with Gasteiger partial charge in [-0.2, -0.15) is 0 Å². The minimum Gasteiger partial charge on any atom is -0.477 e. The SMILES string of the molecule is Cc1cc(-c2ccsc2C(=O)O)c(F)cc1F. The number of rotatable bonds is 2. The molecule has 88 valence electrons. The zero-order valence-corrected chi connectivity index (χ0v) is 9.65. The van der Waals surface area contributed by atoms with Crippen LogP contribution in [-0.4, -0.2) is 11.1 Å². The molecule has 0 unspecified atom stereocenters. The van der Waals surface area contributed by atoms with Gasteiger partial charge in [-0.05, 0) is 30.0 Å². The maximum Gasteiger partial charge on any atom is 0.346 e. The number of carboxylic acid groups (broad SMARTS) is 1. The molecule has 1 aromatic carbocycles. The van der Waals surface area contributed by atoms with Crippen molar-refractivity contribution in [3.05, 3.63) is 45.7 Å². The molecule has 2 nitrogen and oxygen atoms in total. The Bertz CT molecular complexity index is 590. The highest BCUT2D eigenvalue weighted by molar-refractivity contribution is 7.12. The van der Waals surface area contributed by atoms with E-state index >= 15 is 0 Å². The average molecular weight is 254 g/mol. The third-order valence-corrected chi connectivity index (χ3v) is 3.30. The lowest BCUT2D eigenvalue weighted by molar-refractivity contribution is 0.0703. The molecule has 5 heteroatoms. The van der Waals surface area contributed by atoms with E-state index in [0.717, 1.165) is 17.4 Å². The Morgan fingerprint density at radius 1 is 1.24 bits per heavy atom. The van der Waals surface area contributed by atoms with Crippen LogP contribution < -0.4 is 0 Å². The number of aryl methyl sites for hydroxylation is 1. The number of thiophene rings is 1. The van der Waals surface area contributed by atoms with Crippen LogP contribution in [0.4, 0.5) is 8.78 Å². The van der Waals surface area contributed by atoms with Crippen molar-refractivity contribution < 1.29 is 18.7 Å². The predicted molar refractivity (Wildman–Crippen MR) is 61.4 cm³/mol. The smallest absolute Gasteiger partial charge is 0.346 e. The van der Waals surface area contributed by atoms with E-state index in [9.17, 15) is 13.6 Å². The molecule has 0 saturated heterocycles. The van der Waals surface area contributed by atoms with Gasteiger partial charge < -0.3 is 5.11 Å². The molecule has 2 rings (SSSR count). The van der Waals surface area contributed by atoms with Crippen molar-refractivity contribution in [3.8, 4) is 11.1 Å². The molecule has 0 bridgehead atoms. The van der Waals surface area contributed by atoms with E-state index in [1.54, 1.807) is 5.38 Å². The first-order chi connectivity index (χ1) is 8.00. The fourth-order valence-electron chi connectivity index (χ4n) is 1.55. The van der Waals surface area contributed by atoms with Gasteiger partial charge in [-0.3, -0.25) is 0 Å². The number of carbonyl (C=O) groups is 1. The molecule has 0 spiro atoms. The second kappa shape index (κ2) is 4.25. The van der Waals surface area contributed by atoms with E-state index < -0.39 is 17.6 Å². The summed E-state index contributed by atoms with van der Waals surface area (Å²) in [6, 6.07) is 3.61. The Labute approximate surface area is 100 Å². The second-order valence-corrected chi connectivity index (χ2v) is 4.47. The van der Waals surface area contributed by atoms with Crippen molar-refractivity contribution >= 4 is 17.3 Å². The van der Waals surface area contributed by atoms with E-state index in [4.69, 9.17) is 5.11 Å². The molecule has 1 aromatic heterocycles. The molecule has 0 atom stereocenters. The lowest BCUT2D eigenvalue weighted by atomic mass is 10.0. The van der Waals surface area contributed by atoms with E-state index in [1.165, 1.54) is 19.1 Å². The molecular weight excluding hydrogens is 246 g/mol. The van der Waals surface area contributed by atoms with Gasteiger partial charge in [0.1, 0.15) is 16.5 Å². The highest BCUT2D eigenvalue weighted by Gasteiger charge is 2.17. The Hall–Kier alpha value is -1.75. The molecule has 0 aliphatic carbocycles. The van der Waals surface area contributed by atoms with Crippen LogP contribution in [0.2, 0.25) is 0 Å². The van der Waals surface area contributed by atoms with Crippen LogP contribution in [0.25, 0.3) is 11.1 Å². The molecular formula is C12H8F2O2S. The molecule has 17 heavy (non-hydrogen) atoms. The first kappa shape index (κ1) is 11.7. The standard InChI is InChI=1S/C12H8F2O2S/c1-6-4-8(10(14)5-9(6)13)7-2-3-17-11(7)12(15)16/h2-5H,1H3,(H,15,16). The summed E-state index contributed by atoms with van der Waals surface area (Å²) in [6.45, 7) is 1.51. The number of hydrogen-bond donors (Lipinski definition) is 1. The van der Waals surface area contributed by atoms with Gasteiger partial charge in [0.15, 0.2) is 0 Å². The summed E-state index contributed by atoms with van der Waals surface area (Å²) in [4.78, 5) is 11.0. The summed E-state index contributed by atoms with van der Waals surface area (Å²) in [6.07, 6.45) is 0. The number of benzene rings is 1. The first-order valence-electron chi connectivity index (χ1n) is 4.77. The highest BCUT2D eigenvalue weighted by atomic mass is 32.1. The van der Waals surface area contributed by atoms with Crippen LogP contribution in [-0.2, 0) is 0 Å². The fourth-order valence-corrected chi connectivity index (χ4v) is 2.30. The Morgan fingerprint density at radius 3 is 2.59 bits per heavy atom. The van der Waals surface area contributed by atoms with E-state index in [1.807, 2.05) is 0 Å². The Kier molecular flexibility index (Phi) is 2.93. The van der Waals surface area contributed by atoms with Crippen molar-refractivity contribution in [2.75, 3.05) is 0 Å². The largest absolute Gasteiger partial charge is 0.477 e.